The Morgan fingerprint density at radius 1 is 0.889 bits per heavy atom. The van der Waals surface area contributed by atoms with Gasteiger partial charge in [0, 0.05) is 12.7 Å². The highest BCUT2D eigenvalue weighted by Crippen LogP contribution is 2.32. The van der Waals surface area contributed by atoms with Crippen molar-refractivity contribution < 1.29 is 22.7 Å². The van der Waals surface area contributed by atoms with E-state index < -0.39 is 15.9 Å². The highest BCUT2D eigenvalue weighted by molar-refractivity contribution is 7.90. The number of fused-ring (bicyclic) bond motifs is 1. The van der Waals surface area contributed by atoms with Crippen molar-refractivity contribution in [2.75, 3.05) is 12.9 Å². The Hall–Kier alpha value is -4.10. The number of nitrogens with one attached hydrogen (secondary N) is 1. The highest BCUT2D eigenvalue weighted by atomic mass is 32.2. The first-order valence-corrected chi connectivity index (χ1v) is 13.5. The molecule has 36 heavy (non-hydrogen) atoms. The van der Waals surface area contributed by atoms with Gasteiger partial charge in [-0.2, -0.15) is 0 Å². The molecule has 0 spiro atoms. The van der Waals surface area contributed by atoms with Gasteiger partial charge in [-0.05, 0) is 65.2 Å². The quantitative estimate of drug-likeness (QED) is 0.371. The van der Waals surface area contributed by atoms with Gasteiger partial charge in [-0.1, -0.05) is 48.5 Å². The van der Waals surface area contributed by atoms with Crippen molar-refractivity contribution in [2.24, 2.45) is 0 Å². The van der Waals surface area contributed by atoms with Crippen LogP contribution in [0.3, 0.4) is 0 Å². The summed E-state index contributed by atoms with van der Waals surface area (Å²) in [4.78, 5) is 13.8. The van der Waals surface area contributed by atoms with Crippen molar-refractivity contribution in [3.05, 3.63) is 119 Å². The molecule has 1 aliphatic rings. The van der Waals surface area contributed by atoms with Crippen LogP contribution in [0.5, 0.6) is 17.2 Å². The summed E-state index contributed by atoms with van der Waals surface area (Å²) in [5.74, 6) is 1.60. The molecule has 1 unspecified atom stereocenters. The van der Waals surface area contributed by atoms with Crippen LogP contribution < -0.4 is 14.8 Å². The van der Waals surface area contributed by atoms with Crippen LogP contribution in [-0.4, -0.2) is 27.2 Å². The van der Waals surface area contributed by atoms with E-state index in [9.17, 15) is 13.2 Å². The van der Waals surface area contributed by atoms with Crippen molar-refractivity contribution in [1.82, 2.24) is 5.32 Å². The maximum absolute atomic E-state index is 13.6. The summed E-state index contributed by atoms with van der Waals surface area (Å²) in [5.41, 5.74) is 3.10. The number of ether oxygens (including phenoxy) is 2. The summed E-state index contributed by atoms with van der Waals surface area (Å²) >= 11 is 0. The number of rotatable bonds is 7. The third-order valence-corrected chi connectivity index (χ3v) is 7.20. The van der Waals surface area contributed by atoms with Gasteiger partial charge in [-0.15, -0.1) is 0 Å². The summed E-state index contributed by atoms with van der Waals surface area (Å²) in [5, 5.41) is 3.13. The largest absolute Gasteiger partial charge is 0.493 e. The zero-order valence-corrected chi connectivity index (χ0v) is 20.5. The molecule has 1 amide bonds. The van der Waals surface area contributed by atoms with Gasteiger partial charge in [0.1, 0.15) is 17.2 Å². The molecule has 0 radical (unpaired) electrons. The number of carbonyl (C=O) groups is 1. The van der Waals surface area contributed by atoms with Crippen molar-refractivity contribution in [1.29, 1.82) is 0 Å². The second-order valence-corrected chi connectivity index (χ2v) is 10.6. The molecule has 1 N–H and O–H groups in total. The second kappa shape index (κ2) is 9.87. The molecule has 182 valence electrons. The van der Waals surface area contributed by atoms with Gasteiger partial charge in [-0.3, -0.25) is 4.79 Å². The molecule has 1 atom stereocenters. The normalized spacial score (nSPS) is 13.4. The summed E-state index contributed by atoms with van der Waals surface area (Å²) < 4.78 is 35.6. The third kappa shape index (κ3) is 5.11. The molecule has 4 aromatic carbocycles. The maximum atomic E-state index is 13.6. The van der Waals surface area contributed by atoms with E-state index in [2.05, 4.69) is 5.32 Å². The van der Waals surface area contributed by atoms with Gasteiger partial charge in [0.05, 0.1) is 23.1 Å². The smallest absolute Gasteiger partial charge is 0.255 e. The average molecular weight is 500 g/mol. The summed E-state index contributed by atoms with van der Waals surface area (Å²) in [6.07, 6.45) is 1.97. The Bertz CT molecular complexity index is 1500. The standard InChI is InChI=1S/C29H25NO5S/c1-36(32,33)24-14-11-20(12-15-24)28(22-13-16-26-21(19-22)17-18-34-26)30-29(31)25-9-5-6-10-27(25)35-23-7-3-2-4-8-23/h2-16,19,28H,17-18H2,1H3,(H,30,31). The van der Waals surface area contributed by atoms with Crippen LogP contribution in [-0.2, 0) is 16.3 Å². The van der Waals surface area contributed by atoms with Crippen LogP contribution >= 0.6 is 0 Å². The maximum Gasteiger partial charge on any atom is 0.255 e. The monoisotopic (exact) mass is 499 g/mol. The van der Waals surface area contributed by atoms with E-state index >= 15 is 0 Å². The lowest BCUT2D eigenvalue weighted by Crippen LogP contribution is -2.29. The number of benzene rings is 4. The lowest BCUT2D eigenvalue weighted by molar-refractivity contribution is 0.0940. The summed E-state index contributed by atoms with van der Waals surface area (Å²) in [7, 11) is -3.34. The number of amides is 1. The van der Waals surface area contributed by atoms with Crippen LogP contribution in [0, 0.1) is 0 Å². The predicted octanol–water partition coefficient (Wildman–Crippen LogP) is 5.34. The van der Waals surface area contributed by atoms with Gasteiger partial charge in [0.25, 0.3) is 5.91 Å². The molecule has 7 heteroatoms. The van der Waals surface area contributed by atoms with Crippen LogP contribution in [0.2, 0.25) is 0 Å². The van der Waals surface area contributed by atoms with E-state index in [4.69, 9.17) is 9.47 Å². The fourth-order valence-electron chi connectivity index (χ4n) is 4.22. The van der Waals surface area contributed by atoms with Gasteiger partial charge >= 0.3 is 0 Å². The molecule has 0 aliphatic carbocycles. The second-order valence-electron chi connectivity index (χ2n) is 8.62. The van der Waals surface area contributed by atoms with E-state index in [1.165, 1.54) is 6.26 Å². The Morgan fingerprint density at radius 3 is 2.33 bits per heavy atom. The van der Waals surface area contributed by atoms with Crippen molar-refractivity contribution in [3.63, 3.8) is 0 Å². The molecular formula is C29H25NO5S. The molecule has 5 rings (SSSR count). The minimum Gasteiger partial charge on any atom is -0.493 e. The zero-order valence-electron chi connectivity index (χ0n) is 19.7. The molecule has 0 saturated carbocycles. The topological polar surface area (TPSA) is 81.7 Å². The van der Waals surface area contributed by atoms with E-state index in [0.717, 1.165) is 28.9 Å². The third-order valence-electron chi connectivity index (χ3n) is 6.07. The average Bonchev–Trinajstić information content (AvgIpc) is 3.36. The Morgan fingerprint density at radius 2 is 1.58 bits per heavy atom. The fourth-order valence-corrected chi connectivity index (χ4v) is 4.85. The van der Waals surface area contributed by atoms with Crippen molar-refractivity contribution >= 4 is 15.7 Å². The minimum atomic E-state index is -3.34. The first kappa shape index (κ1) is 23.6. The molecule has 0 fully saturated rings. The first-order chi connectivity index (χ1) is 17.4. The molecule has 1 aliphatic heterocycles. The minimum absolute atomic E-state index is 0.222. The highest BCUT2D eigenvalue weighted by Gasteiger charge is 2.23. The molecular weight excluding hydrogens is 474 g/mol. The van der Waals surface area contributed by atoms with E-state index in [-0.39, 0.29) is 10.8 Å². The van der Waals surface area contributed by atoms with Gasteiger partial charge in [0.2, 0.25) is 0 Å². The number of sulfone groups is 1. The Labute approximate surface area is 210 Å². The van der Waals surface area contributed by atoms with Crippen molar-refractivity contribution in [2.45, 2.75) is 17.4 Å². The fraction of sp³-hybridized carbons (Fsp3) is 0.138. The summed E-state index contributed by atoms with van der Waals surface area (Å²) in [6, 6.07) is 28.3. The molecule has 1 heterocycles. The number of hydrogen-bond acceptors (Lipinski definition) is 5. The molecule has 0 saturated heterocycles. The van der Waals surface area contributed by atoms with Gasteiger partial charge in [0.15, 0.2) is 9.84 Å². The van der Waals surface area contributed by atoms with Crippen LogP contribution in [0.25, 0.3) is 0 Å². The number of carbonyl (C=O) groups excluding carboxylic acids is 1. The molecule has 0 bridgehead atoms. The van der Waals surface area contributed by atoms with E-state index in [1.807, 2.05) is 54.6 Å². The molecule has 0 aromatic heterocycles. The SMILES string of the molecule is CS(=O)(=O)c1ccc(C(NC(=O)c2ccccc2Oc2ccccc2)c2ccc3c(c2)CCO3)cc1. The Balaban J connectivity index is 1.49. The first-order valence-electron chi connectivity index (χ1n) is 11.6. The van der Waals surface area contributed by atoms with E-state index in [1.54, 1.807) is 42.5 Å². The lowest BCUT2D eigenvalue weighted by atomic mass is 9.96. The number of hydrogen-bond donors (Lipinski definition) is 1. The summed E-state index contributed by atoms with van der Waals surface area (Å²) in [6.45, 7) is 0.628. The molecule has 6 nitrogen and oxygen atoms in total. The van der Waals surface area contributed by atoms with Crippen LogP contribution in [0.15, 0.2) is 102 Å². The Kier molecular flexibility index (Phi) is 6.48. The van der Waals surface area contributed by atoms with Crippen molar-refractivity contribution in [3.8, 4) is 17.2 Å². The van der Waals surface area contributed by atoms with E-state index in [0.29, 0.717) is 23.7 Å². The lowest BCUT2D eigenvalue weighted by Gasteiger charge is -2.22. The van der Waals surface area contributed by atoms with Crippen LogP contribution in [0.1, 0.15) is 33.1 Å². The predicted molar refractivity (Wildman–Crippen MR) is 137 cm³/mol. The van der Waals surface area contributed by atoms with Gasteiger partial charge in [-0.25, -0.2) is 8.42 Å². The number of para-hydroxylation sites is 2. The van der Waals surface area contributed by atoms with Gasteiger partial charge < -0.3 is 14.8 Å². The molecule has 4 aromatic rings. The van der Waals surface area contributed by atoms with Crippen LogP contribution in [0.4, 0.5) is 0 Å². The zero-order chi connectivity index (χ0) is 25.1.